The van der Waals surface area contributed by atoms with Crippen molar-refractivity contribution in [1.29, 1.82) is 0 Å². The summed E-state index contributed by atoms with van der Waals surface area (Å²) in [6.07, 6.45) is 3.66. The summed E-state index contributed by atoms with van der Waals surface area (Å²) in [6, 6.07) is 17.0. The zero-order valence-electron chi connectivity index (χ0n) is 16.0. The first-order valence-corrected chi connectivity index (χ1v) is 9.22. The fourth-order valence-corrected chi connectivity index (χ4v) is 3.08. The van der Waals surface area contributed by atoms with E-state index < -0.39 is 0 Å². The lowest BCUT2D eigenvalue weighted by Crippen LogP contribution is -2.35. The van der Waals surface area contributed by atoms with Gasteiger partial charge in [-0.2, -0.15) is 5.10 Å². The molecule has 29 heavy (non-hydrogen) atoms. The molecule has 2 aromatic heterocycles. The summed E-state index contributed by atoms with van der Waals surface area (Å²) in [6.45, 7) is 0.898. The van der Waals surface area contributed by atoms with Gasteiger partial charge in [-0.1, -0.05) is 47.7 Å². The van der Waals surface area contributed by atoms with Gasteiger partial charge < -0.3 is 4.90 Å². The van der Waals surface area contributed by atoms with Crippen LogP contribution in [0.3, 0.4) is 0 Å². The second kappa shape index (κ2) is 8.05. The summed E-state index contributed by atoms with van der Waals surface area (Å²) in [5.74, 6) is -0.229. The average molecular weight is 388 g/mol. The van der Waals surface area contributed by atoms with Crippen molar-refractivity contribution in [2.24, 2.45) is 0 Å². The molecule has 146 valence electrons. The highest BCUT2D eigenvalue weighted by molar-refractivity contribution is 5.78. The van der Waals surface area contributed by atoms with E-state index in [0.717, 1.165) is 15.8 Å². The summed E-state index contributed by atoms with van der Waals surface area (Å²) >= 11 is 0. The van der Waals surface area contributed by atoms with Gasteiger partial charge in [0.15, 0.2) is 0 Å². The van der Waals surface area contributed by atoms with Crippen LogP contribution in [0, 0.1) is 0 Å². The Hall–Kier alpha value is -3.81. The summed E-state index contributed by atoms with van der Waals surface area (Å²) in [4.78, 5) is 26.6. The van der Waals surface area contributed by atoms with Crippen molar-refractivity contribution in [3.05, 3.63) is 88.5 Å². The van der Waals surface area contributed by atoms with Gasteiger partial charge in [0.1, 0.15) is 12.1 Å². The highest BCUT2D eigenvalue weighted by Gasteiger charge is 2.14. The maximum Gasteiger partial charge on any atom is 0.278 e. The SMILES string of the molecule is CN(Cc1cnn(Cc2ccccc2)c1)C(=O)Cn1nnc2ccccc2c1=O. The lowest BCUT2D eigenvalue weighted by atomic mass is 10.2. The van der Waals surface area contributed by atoms with Gasteiger partial charge in [-0.15, -0.1) is 5.10 Å². The van der Waals surface area contributed by atoms with E-state index in [1.54, 1.807) is 42.4 Å². The Labute approximate surface area is 167 Å². The quantitative estimate of drug-likeness (QED) is 0.502. The third-order valence-electron chi connectivity index (χ3n) is 4.63. The number of fused-ring (bicyclic) bond motifs is 1. The van der Waals surface area contributed by atoms with E-state index in [0.29, 0.717) is 24.0 Å². The molecule has 0 N–H and O–H groups in total. The van der Waals surface area contributed by atoms with Crippen LogP contribution in [0.1, 0.15) is 11.1 Å². The molecule has 0 aliphatic carbocycles. The molecular weight excluding hydrogens is 368 g/mol. The Balaban J connectivity index is 1.41. The third kappa shape index (κ3) is 4.21. The molecule has 8 heteroatoms. The van der Waals surface area contributed by atoms with Crippen molar-refractivity contribution in [3.63, 3.8) is 0 Å². The second-order valence-corrected chi connectivity index (χ2v) is 6.85. The Morgan fingerprint density at radius 1 is 1.03 bits per heavy atom. The molecule has 0 saturated heterocycles. The lowest BCUT2D eigenvalue weighted by Gasteiger charge is -2.16. The molecule has 0 aliphatic rings. The number of benzene rings is 2. The number of hydrogen-bond acceptors (Lipinski definition) is 5. The minimum Gasteiger partial charge on any atom is -0.340 e. The first kappa shape index (κ1) is 18.5. The Morgan fingerprint density at radius 2 is 1.79 bits per heavy atom. The average Bonchev–Trinajstić information content (AvgIpc) is 3.17. The number of likely N-dealkylation sites (N-methyl/N-ethyl adjacent to an activating group) is 1. The molecule has 2 heterocycles. The molecule has 2 aromatic carbocycles. The monoisotopic (exact) mass is 388 g/mol. The molecule has 0 bridgehead atoms. The lowest BCUT2D eigenvalue weighted by molar-refractivity contribution is -0.131. The molecule has 0 atom stereocenters. The van der Waals surface area contributed by atoms with E-state index >= 15 is 0 Å². The number of carbonyl (C=O) groups excluding carboxylic acids is 1. The number of amides is 1. The molecule has 8 nitrogen and oxygen atoms in total. The smallest absolute Gasteiger partial charge is 0.278 e. The third-order valence-corrected chi connectivity index (χ3v) is 4.63. The normalized spacial score (nSPS) is 10.9. The van der Waals surface area contributed by atoms with Crippen LogP contribution in [0.25, 0.3) is 10.9 Å². The first-order chi connectivity index (χ1) is 14.1. The van der Waals surface area contributed by atoms with E-state index in [4.69, 9.17) is 0 Å². The summed E-state index contributed by atoms with van der Waals surface area (Å²) in [5, 5.41) is 12.7. The molecule has 0 unspecified atom stereocenters. The van der Waals surface area contributed by atoms with E-state index in [2.05, 4.69) is 15.4 Å². The van der Waals surface area contributed by atoms with Gasteiger partial charge in [0.05, 0.1) is 18.1 Å². The van der Waals surface area contributed by atoms with Gasteiger partial charge >= 0.3 is 0 Å². The van der Waals surface area contributed by atoms with Gasteiger partial charge in [0, 0.05) is 25.4 Å². The number of rotatable bonds is 6. The van der Waals surface area contributed by atoms with Crippen molar-refractivity contribution >= 4 is 16.8 Å². The van der Waals surface area contributed by atoms with E-state index in [9.17, 15) is 9.59 Å². The summed E-state index contributed by atoms with van der Waals surface area (Å²) < 4.78 is 2.93. The van der Waals surface area contributed by atoms with Gasteiger partial charge in [-0.3, -0.25) is 14.3 Å². The standard InChI is InChI=1S/C21H20N6O2/c1-25(12-17-11-22-26(14-17)13-16-7-3-2-4-8-16)20(28)15-27-21(29)18-9-5-6-10-19(18)23-24-27/h2-11,14H,12-13,15H2,1H3. The zero-order valence-corrected chi connectivity index (χ0v) is 16.0. The Kier molecular flexibility index (Phi) is 5.15. The largest absolute Gasteiger partial charge is 0.340 e. The maximum atomic E-state index is 12.6. The zero-order chi connectivity index (χ0) is 20.2. The molecule has 0 radical (unpaired) electrons. The minimum atomic E-state index is -0.326. The Bertz CT molecular complexity index is 1200. The van der Waals surface area contributed by atoms with Crippen LogP contribution < -0.4 is 5.56 Å². The van der Waals surface area contributed by atoms with Crippen molar-refractivity contribution in [1.82, 2.24) is 29.7 Å². The predicted octanol–water partition coefficient (Wildman–Crippen LogP) is 1.69. The molecule has 0 fully saturated rings. The van der Waals surface area contributed by atoms with Crippen molar-refractivity contribution < 1.29 is 4.79 Å². The molecule has 4 rings (SSSR count). The highest BCUT2D eigenvalue weighted by Crippen LogP contribution is 2.07. The van der Waals surface area contributed by atoms with Crippen LogP contribution >= 0.6 is 0 Å². The van der Waals surface area contributed by atoms with Gasteiger partial charge in [0.2, 0.25) is 5.91 Å². The van der Waals surface area contributed by atoms with Gasteiger partial charge in [-0.25, -0.2) is 4.68 Å². The highest BCUT2D eigenvalue weighted by atomic mass is 16.2. The maximum absolute atomic E-state index is 12.6. The number of hydrogen-bond donors (Lipinski definition) is 0. The van der Waals surface area contributed by atoms with E-state index in [-0.39, 0.29) is 18.0 Å². The Morgan fingerprint density at radius 3 is 2.62 bits per heavy atom. The number of aromatic nitrogens is 5. The van der Waals surface area contributed by atoms with Crippen LogP contribution in [-0.2, 0) is 24.4 Å². The van der Waals surface area contributed by atoms with Crippen molar-refractivity contribution in [3.8, 4) is 0 Å². The molecule has 0 aliphatic heterocycles. The number of carbonyl (C=O) groups is 1. The molecule has 4 aromatic rings. The fraction of sp³-hybridized carbons (Fsp3) is 0.190. The van der Waals surface area contributed by atoms with Crippen molar-refractivity contribution in [2.45, 2.75) is 19.6 Å². The van der Waals surface area contributed by atoms with Crippen LogP contribution in [0.4, 0.5) is 0 Å². The summed E-state index contributed by atoms with van der Waals surface area (Å²) in [5.41, 5.74) is 2.25. The van der Waals surface area contributed by atoms with Crippen LogP contribution in [-0.4, -0.2) is 42.6 Å². The fourth-order valence-electron chi connectivity index (χ4n) is 3.08. The van der Waals surface area contributed by atoms with Crippen LogP contribution in [0.15, 0.2) is 71.8 Å². The molecule has 0 saturated carbocycles. The van der Waals surface area contributed by atoms with E-state index in [1.807, 2.05) is 41.2 Å². The van der Waals surface area contributed by atoms with Gasteiger partial charge in [0.25, 0.3) is 5.56 Å². The first-order valence-electron chi connectivity index (χ1n) is 9.22. The minimum absolute atomic E-state index is 0.161. The number of nitrogens with zero attached hydrogens (tertiary/aromatic N) is 6. The van der Waals surface area contributed by atoms with Crippen molar-refractivity contribution in [2.75, 3.05) is 7.05 Å². The predicted molar refractivity (Wildman–Crippen MR) is 108 cm³/mol. The molecule has 0 spiro atoms. The van der Waals surface area contributed by atoms with Crippen LogP contribution in [0.2, 0.25) is 0 Å². The second-order valence-electron chi connectivity index (χ2n) is 6.85. The molecular formula is C21H20N6O2. The summed E-state index contributed by atoms with van der Waals surface area (Å²) in [7, 11) is 1.69. The topological polar surface area (TPSA) is 85.9 Å². The van der Waals surface area contributed by atoms with E-state index in [1.165, 1.54) is 0 Å². The molecule has 1 amide bonds. The van der Waals surface area contributed by atoms with Crippen LogP contribution in [0.5, 0.6) is 0 Å². The van der Waals surface area contributed by atoms with Gasteiger partial charge in [-0.05, 0) is 17.7 Å².